The van der Waals surface area contributed by atoms with Gasteiger partial charge in [-0.25, -0.2) is 4.98 Å². The largest absolute Gasteiger partial charge is 0.508 e. The Bertz CT molecular complexity index is 520. The van der Waals surface area contributed by atoms with Crippen LogP contribution in [0.25, 0.3) is 10.9 Å². The minimum absolute atomic E-state index is 0.263. The molecule has 0 amide bonds. The fourth-order valence-electron chi connectivity index (χ4n) is 1.77. The van der Waals surface area contributed by atoms with Gasteiger partial charge in [0.05, 0.1) is 5.52 Å². The van der Waals surface area contributed by atoms with Crippen LogP contribution in [0.5, 0.6) is 5.75 Å². The Morgan fingerprint density at radius 2 is 2.06 bits per heavy atom. The van der Waals surface area contributed by atoms with Gasteiger partial charge in [0.2, 0.25) is 0 Å². The Hall–Kier alpha value is -1.77. The van der Waals surface area contributed by atoms with Crippen molar-refractivity contribution < 1.29 is 5.11 Å². The molecule has 1 aliphatic rings. The predicted octanol–water partition coefficient (Wildman–Crippen LogP) is 2.76. The van der Waals surface area contributed by atoms with E-state index in [2.05, 4.69) is 10.3 Å². The molecule has 1 aromatic carbocycles. The number of rotatable bonds is 3. The summed E-state index contributed by atoms with van der Waals surface area (Å²) in [5.41, 5.74) is 0.834. The van der Waals surface area contributed by atoms with E-state index < -0.39 is 0 Å². The molecule has 0 unspecified atom stereocenters. The summed E-state index contributed by atoms with van der Waals surface area (Å²) < 4.78 is 0. The number of hydrogen-bond donors (Lipinski definition) is 2. The maximum absolute atomic E-state index is 9.39. The Labute approximate surface area is 94.1 Å². The number of hydrogen-bond acceptors (Lipinski definition) is 3. The van der Waals surface area contributed by atoms with Gasteiger partial charge in [-0.15, -0.1) is 0 Å². The zero-order valence-corrected chi connectivity index (χ0v) is 8.98. The summed E-state index contributed by atoms with van der Waals surface area (Å²) in [5.74, 6) is 1.99. The molecule has 1 aromatic heterocycles. The maximum Gasteiger partial charge on any atom is 0.126 e. The number of benzene rings is 1. The normalized spacial score (nSPS) is 15.2. The van der Waals surface area contributed by atoms with Crippen LogP contribution in [0.1, 0.15) is 12.8 Å². The van der Waals surface area contributed by atoms with Crippen molar-refractivity contribution in [3.8, 4) is 5.75 Å². The second-order valence-electron chi connectivity index (χ2n) is 4.40. The number of anilines is 1. The highest BCUT2D eigenvalue weighted by atomic mass is 16.3. The fraction of sp³-hybridized carbons (Fsp3) is 0.308. The van der Waals surface area contributed by atoms with Crippen molar-refractivity contribution in [2.24, 2.45) is 5.92 Å². The maximum atomic E-state index is 9.39. The third-order valence-electron chi connectivity index (χ3n) is 2.94. The number of fused-ring (bicyclic) bond motifs is 1. The lowest BCUT2D eigenvalue weighted by Gasteiger charge is -2.05. The number of phenolic OH excluding ortho intramolecular Hbond substituents is 1. The summed E-state index contributed by atoms with van der Waals surface area (Å²) in [5, 5.41) is 13.8. The van der Waals surface area contributed by atoms with E-state index in [1.807, 2.05) is 18.2 Å². The Kier molecular flexibility index (Phi) is 2.17. The van der Waals surface area contributed by atoms with E-state index in [9.17, 15) is 5.11 Å². The Morgan fingerprint density at radius 1 is 1.25 bits per heavy atom. The van der Waals surface area contributed by atoms with Crippen LogP contribution in [0.3, 0.4) is 0 Å². The summed E-state index contributed by atoms with van der Waals surface area (Å²) >= 11 is 0. The van der Waals surface area contributed by atoms with Gasteiger partial charge in [0.25, 0.3) is 0 Å². The van der Waals surface area contributed by atoms with Crippen LogP contribution < -0.4 is 5.32 Å². The SMILES string of the molecule is Oc1ccc2ccc(NCC3CC3)nc2c1. The molecule has 0 saturated heterocycles. The Balaban J connectivity index is 1.87. The van der Waals surface area contributed by atoms with Gasteiger partial charge >= 0.3 is 0 Å². The zero-order valence-electron chi connectivity index (χ0n) is 8.98. The van der Waals surface area contributed by atoms with E-state index in [0.717, 1.165) is 29.2 Å². The number of aromatic hydroxyl groups is 1. The highest BCUT2D eigenvalue weighted by Crippen LogP contribution is 2.29. The number of aromatic nitrogens is 1. The standard InChI is InChI=1S/C13H14N2O/c16-11-5-3-10-4-6-13(15-12(10)7-11)14-8-9-1-2-9/h3-7,9,16H,1-2,8H2,(H,14,15). The van der Waals surface area contributed by atoms with Crippen LogP contribution in [0.15, 0.2) is 30.3 Å². The van der Waals surface area contributed by atoms with Gasteiger partial charge in [0, 0.05) is 18.0 Å². The highest BCUT2D eigenvalue weighted by molar-refractivity contribution is 5.81. The summed E-state index contributed by atoms with van der Waals surface area (Å²) in [6.45, 7) is 1.01. The van der Waals surface area contributed by atoms with Crippen LogP contribution in [-0.4, -0.2) is 16.6 Å². The third kappa shape index (κ3) is 1.94. The lowest BCUT2D eigenvalue weighted by Crippen LogP contribution is -2.04. The lowest BCUT2D eigenvalue weighted by atomic mass is 10.2. The molecule has 82 valence electrons. The minimum atomic E-state index is 0.263. The molecule has 0 radical (unpaired) electrons. The van der Waals surface area contributed by atoms with E-state index in [4.69, 9.17) is 0 Å². The molecular formula is C13H14N2O. The molecule has 1 heterocycles. The number of nitrogens with one attached hydrogen (secondary N) is 1. The van der Waals surface area contributed by atoms with Gasteiger partial charge in [-0.3, -0.25) is 0 Å². The average molecular weight is 214 g/mol. The summed E-state index contributed by atoms with van der Waals surface area (Å²) in [6, 6.07) is 9.26. The molecule has 2 aromatic rings. The second kappa shape index (κ2) is 3.67. The van der Waals surface area contributed by atoms with Crippen LogP contribution in [-0.2, 0) is 0 Å². The molecule has 1 saturated carbocycles. The van der Waals surface area contributed by atoms with Crippen LogP contribution in [0.2, 0.25) is 0 Å². The van der Waals surface area contributed by atoms with E-state index in [1.165, 1.54) is 12.8 Å². The summed E-state index contributed by atoms with van der Waals surface area (Å²) in [6.07, 6.45) is 2.67. The first kappa shape index (κ1) is 9.46. The van der Waals surface area contributed by atoms with Crippen molar-refractivity contribution >= 4 is 16.7 Å². The molecule has 1 aliphatic carbocycles. The first-order valence-corrected chi connectivity index (χ1v) is 5.65. The number of pyridine rings is 1. The first-order valence-electron chi connectivity index (χ1n) is 5.65. The molecule has 3 nitrogen and oxygen atoms in total. The number of nitrogens with zero attached hydrogens (tertiary/aromatic N) is 1. The quantitative estimate of drug-likeness (QED) is 0.825. The molecule has 16 heavy (non-hydrogen) atoms. The summed E-state index contributed by atoms with van der Waals surface area (Å²) in [7, 11) is 0. The zero-order chi connectivity index (χ0) is 11.0. The van der Waals surface area contributed by atoms with Gasteiger partial charge in [-0.2, -0.15) is 0 Å². The fourth-order valence-corrected chi connectivity index (χ4v) is 1.77. The molecule has 0 aliphatic heterocycles. The lowest BCUT2D eigenvalue weighted by molar-refractivity contribution is 0.476. The van der Waals surface area contributed by atoms with E-state index in [1.54, 1.807) is 12.1 Å². The van der Waals surface area contributed by atoms with Crippen molar-refractivity contribution in [1.82, 2.24) is 4.98 Å². The van der Waals surface area contributed by atoms with Crippen LogP contribution in [0.4, 0.5) is 5.82 Å². The molecule has 2 N–H and O–H groups in total. The van der Waals surface area contributed by atoms with Gasteiger partial charge < -0.3 is 10.4 Å². The van der Waals surface area contributed by atoms with Gasteiger partial charge in [0.1, 0.15) is 11.6 Å². The topological polar surface area (TPSA) is 45.1 Å². The molecular weight excluding hydrogens is 200 g/mol. The van der Waals surface area contributed by atoms with Gasteiger partial charge in [-0.1, -0.05) is 0 Å². The Morgan fingerprint density at radius 3 is 2.88 bits per heavy atom. The molecule has 0 atom stereocenters. The van der Waals surface area contributed by atoms with Crippen molar-refractivity contribution in [3.63, 3.8) is 0 Å². The van der Waals surface area contributed by atoms with E-state index >= 15 is 0 Å². The highest BCUT2D eigenvalue weighted by Gasteiger charge is 2.20. The molecule has 3 heteroatoms. The minimum Gasteiger partial charge on any atom is -0.508 e. The number of phenols is 1. The average Bonchev–Trinajstić information content (AvgIpc) is 3.09. The van der Waals surface area contributed by atoms with Crippen molar-refractivity contribution in [1.29, 1.82) is 0 Å². The molecule has 0 bridgehead atoms. The van der Waals surface area contributed by atoms with Crippen LogP contribution >= 0.6 is 0 Å². The predicted molar refractivity (Wildman–Crippen MR) is 64.6 cm³/mol. The third-order valence-corrected chi connectivity index (χ3v) is 2.94. The molecule has 3 rings (SSSR count). The second-order valence-corrected chi connectivity index (χ2v) is 4.40. The van der Waals surface area contributed by atoms with Crippen molar-refractivity contribution in [2.45, 2.75) is 12.8 Å². The van der Waals surface area contributed by atoms with E-state index in [-0.39, 0.29) is 5.75 Å². The molecule has 1 fully saturated rings. The van der Waals surface area contributed by atoms with Crippen molar-refractivity contribution in [3.05, 3.63) is 30.3 Å². The smallest absolute Gasteiger partial charge is 0.126 e. The van der Waals surface area contributed by atoms with Crippen LogP contribution in [0, 0.1) is 5.92 Å². The molecule has 0 spiro atoms. The monoisotopic (exact) mass is 214 g/mol. The summed E-state index contributed by atoms with van der Waals surface area (Å²) in [4.78, 5) is 4.46. The van der Waals surface area contributed by atoms with E-state index in [0.29, 0.717) is 0 Å². The first-order chi connectivity index (χ1) is 7.81. The van der Waals surface area contributed by atoms with Crippen molar-refractivity contribution in [2.75, 3.05) is 11.9 Å². The van der Waals surface area contributed by atoms with Gasteiger partial charge in [0.15, 0.2) is 0 Å². The van der Waals surface area contributed by atoms with Gasteiger partial charge in [-0.05, 0) is 43.0 Å².